The third kappa shape index (κ3) is 2.90. The van der Waals surface area contributed by atoms with Crippen LogP contribution < -0.4 is 10.1 Å². The minimum absolute atomic E-state index is 0.308. The lowest BCUT2D eigenvalue weighted by molar-refractivity contribution is -0.122. The van der Waals surface area contributed by atoms with Crippen molar-refractivity contribution in [2.75, 3.05) is 5.32 Å². The number of ether oxygens (including phenoxy) is 1. The molecule has 1 heterocycles. The molecule has 6 heteroatoms. The van der Waals surface area contributed by atoms with Crippen LogP contribution >= 0.6 is 0 Å². The van der Waals surface area contributed by atoms with E-state index < -0.39 is 11.9 Å². The maximum absolute atomic E-state index is 13.1. The molecule has 0 saturated heterocycles. The number of amides is 1. The zero-order valence-electron chi connectivity index (χ0n) is 11.8. The Labute approximate surface area is 126 Å². The van der Waals surface area contributed by atoms with E-state index in [9.17, 15) is 9.18 Å². The maximum Gasteiger partial charge on any atom is 0.265 e. The molecular weight excluding hydrogens is 285 g/mol. The van der Waals surface area contributed by atoms with E-state index in [-0.39, 0.29) is 5.91 Å². The molecule has 22 heavy (non-hydrogen) atoms. The first-order valence-electron chi connectivity index (χ1n) is 6.78. The zero-order chi connectivity index (χ0) is 15.5. The molecule has 1 amide bonds. The summed E-state index contributed by atoms with van der Waals surface area (Å²) in [4.78, 5) is 12.2. The number of aromatic nitrogens is 2. The van der Waals surface area contributed by atoms with Crippen molar-refractivity contribution in [3.05, 3.63) is 54.5 Å². The highest BCUT2D eigenvalue weighted by Crippen LogP contribution is 2.21. The molecule has 0 saturated carbocycles. The number of aromatic amines is 1. The highest BCUT2D eigenvalue weighted by molar-refractivity contribution is 6.01. The minimum Gasteiger partial charge on any atom is -0.481 e. The molecular formula is C16H14FN3O2. The highest BCUT2D eigenvalue weighted by Gasteiger charge is 2.16. The number of rotatable bonds is 4. The predicted octanol–water partition coefficient (Wildman–Crippen LogP) is 3.11. The van der Waals surface area contributed by atoms with E-state index in [1.165, 1.54) is 18.2 Å². The summed E-state index contributed by atoms with van der Waals surface area (Å²) in [6, 6.07) is 11.2. The number of hydrogen-bond donors (Lipinski definition) is 2. The number of nitrogens with one attached hydrogen (secondary N) is 2. The minimum atomic E-state index is -0.764. The van der Waals surface area contributed by atoms with Crippen molar-refractivity contribution < 1.29 is 13.9 Å². The van der Waals surface area contributed by atoms with Gasteiger partial charge in [-0.05, 0) is 25.1 Å². The van der Waals surface area contributed by atoms with Crippen molar-refractivity contribution in [2.24, 2.45) is 0 Å². The lowest BCUT2D eigenvalue weighted by Crippen LogP contribution is -2.30. The zero-order valence-corrected chi connectivity index (χ0v) is 11.8. The number of halogens is 1. The number of nitrogens with zero attached hydrogens (tertiary/aromatic N) is 1. The van der Waals surface area contributed by atoms with E-state index in [0.29, 0.717) is 11.4 Å². The quantitative estimate of drug-likeness (QED) is 0.778. The first-order chi connectivity index (χ1) is 10.6. The molecule has 0 spiro atoms. The predicted molar refractivity (Wildman–Crippen MR) is 81.2 cm³/mol. The van der Waals surface area contributed by atoms with Gasteiger partial charge in [-0.2, -0.15) is 5.10 Å². The Morgan fingerprint density at radius 1 is 1.32 bits per heavy atom. The van der Waals surface area contributed by atoms with Crippen LogP contribution in [0.5, 0.6) is 5.75 Å². The Balaban J connectivity index is 1.72. The first kappa shape index (κ1) is 14.1. The molecule has 0 aliphatic heterocycles. The van der Waals surface area contributed by atoms with E-state index in [4.69, 9.17) is 4.74 Å². The van der Waals surface area contributed by atoms with Gasteiger partial charge in [0.25, 0.3) is 5.91 Å². The number of hydrogen-bond acceptors (Lipinski definition) is 3. The number of carbonyl (C=O) groups excluding carboxylic acids is 1. The van der Waals surface area contributed by atoms with Crippen molar-refractivity contribution >= 4 is 22.5 Å². The average Bonchev–Trinajstić information content (AvgIpc) is 2.96. The number of H-pyrrole nitrogens is 1. The van der Waals surface area contributed by atoms with E-state index in [0.717, 1.165) is 10.9 Å². The number of para-hydroxylation sites is 1. The molecule has 3 rings (SSSR count). The summed E-state index contributed by atoms with van der Waals surface area (Å²) in [6.07, 6.45) is 0.914. The van der Waals surface area contributed by atoms with Crippen molar-refractivity contribution in [3.63, 3.8) is 0 Å². The third-order valence-corrected chi connectivity index (χ3v) is 3.21. The molecule has 2 aromatic carbocycles. The van der Waals surface area contributed by atoms with Gasteiger partial charge in [-0.1, -0.05) is 18.2 Å². The first-order valence-corrected chi connectivity index (χ1v) is 6.78. The van der Waals surface area contributed by atoms with Crippen molar-refractivity contribution in [3.8, 4) is 5.75 Å². The molecule has 1 atom stereocenters. The lowest BCUT2D eigenvalue weighted by atomic mass is 10.2. The van der Waals surface area contributed by atoms with Gasteiger partial charge in [0.05, 0.1) is 17.4 Å². The number of fused-ring (bicyclic) bond motifs is 1. The van der Waals surface area contributed by atoms with Crippen LogP contribution in [0.3, 0.4) is 0 Å². The van der Waals surface area contributed by atoms with Crippen LogP contribution in [-0.2, 0) is 4.79 Å². The van der Waals surface area contributed by atoms with Gasteiger partial charge in [-0.3, -0.25) is 9.89 Å². The van der Waals surface area contributed by atoms with Gasteiger partial charge in [-0.15, -0.1) is 0 Å². The fraction of sp³-hybridized carbons (Fsp3) is 0.125. The molecule has 0 radical (unpaired) electrons. The lowest BCUT2D eigenvalue weighted by Gasteiger charge is -2.15. The molecule has 5 nitrogen and oxygen atoms in total. The van der Waals surface area contributed by atoms with Gasteiger partial charge < -0.3 is 10.1 Å². The van der Waals surface area contributed by atoms with Crippen LogP contribution in [0.25, 0.3) is 10.9 Å². The maximum atomic E-state index is 13.1. The van der Waals surface area contributed by atoms with Gasteiger partial charge in [0, 0.05) is 11.5 Å². The number of carbonyl (C=O) groups is 1. The molecule has 0 aliphatic rings. The SMILES string of the molecule is CC(Oc1cccc(F)c1)C(=O)Nc1cccc2cn[nH]c12. The van der Waals surface area contributed by atoms with Crippen LogP contribution in [0.4, 0.5) is 10.1 Å². The third-order valence-electron chi connectivity index (χ3n) is 3.21. The van der Waals surface area contributed by atoms with Crippen LogP contribution in [0.2, 0.25) is 0 Å². The largest absolute Gasteiger partial charge is 0.481 e. The molecule has 3 aromatic rings. The van der Waals surface area contributed by atoms with Gasteiger partial charge >= 0.3 is 0 Å². The Hall–Kier alpha value is -2.89. The van der Waals surface area contributed by atoms with Crippen molar-refractivity contribution in [1.82, 2.24) is 10.2 Å². The van der Waals surface area contributed by atoms with Gasteiger partial charge in [-0.25, -0.2) is 4.39 Å². The molecule has 1 unspecified atom stereocenters. The van der Waals surface area contributed by atoms with E-state index >= 15 is 0 Å². The van der Waals surface area contributed by atoms with E-state index in [2.05, 4.69) is 15.5 Å². The second-order valence-electron chi connectivity index (χ2n) is 4.85. The van der Waals surface area contributed by atoms with E-state index in [1.807, 2.05) is 12.1 Å². The van der Waals surface area contributed by atoms with Crippen LogP contribution in [-0.4, -0.2) is 22.2 Å². The normalized spacial score (nSPS) is 12.1. The standard InChI is InChI=1S/C16H14FN3O2/c1-10(22-13-6-3-5-12(17)8-13)16(21)19-14-7-2-4-11-9-18-20-15(11)14/h2-10H,1H3,(H,18,20)(H,19,21). The Kier molecular flexibility index (Phi) is 3.74. The molecule has 2 N–H and O–H groups in total. The second-order valence-corrected chi connectivity index (χ2v) is 4.85. The van der Waals surface area contributed by atoms with Gasteiger partial charge in [0.2, 0.25) is 0 Å². The summed E-state index contributed by atoms with van der Waals surface area (Å²) in [5, 5.41) is 10.5. The molecule has 0 aliphatic carbocycles. The van der Waals surface area contributed by atoms with Crippen molar-refractivity contribution in [2.45, 2.75) is 13.0 Å². The molecule has 112 valence electrons. The molecule has 1 aromatic heterocycles. The average molecular weight is 299 g/mol. The Bertz CT molecular complexity index is 816. The van der Waals surface area contributed by atoms with Crippen LogP contribution in [0, 0.1) is 5.82 Å². The van der Waals surface area contributed by atoms with Crippen LogP contribution in [0.1, 0.15) is 6.92 Å². The van der Waals surface area contributed by atoms with Gasteiger partial charge in [0.1, 0.15) is 11.6 Å². The monoisotopic (exact) mass is 299 g/mol. The summed E-state index contributed by atoms with van der Waals surface area (Å²) in [7, 11) is 0. The number of anilines is 1. The summed E-state index contributed by atoms with van der Waals surface area (Å²) in [6.45, 7) is 1.60. The van der Waals surface area contributed by atoms with E-state index in [1.54, 1.807) is 25.3 Å². The Morgan fingerprint density at radius 3 is 2.95 bits per heavy atom. The Morgan fingerprint density at radius 2 is 2.14 bits per heavy atom. The fourth-order valence-electron chi connectivity index (χ4n) is 2.11. The smallest absolute Gasteiger partial charge is 0.265 e. The summed E-state index contributed by atoms with van der Waals surface area (Å²) in [5.41, 5.74) is 1.36. The summed E-state index contributed by atoms with van der Waals surface area (Å²) < 4.78 is 18.6. The molecule has 0 fully saturated rings. The summed E-state index contributed by atoms with van der Waals surface area (Å²) >= 11 is 0. The number of benzene rings is 2. The van der Waals surface area contributed by atoms with Crippen LogP contribution in [0.15, 0.2) is 48.7 Å². The fourth-order valence-corrected chi connectivity index (χ4v) is 2.11. The molecule has 0 bridgehead atoms. The van der Waals surface area contributed by atoms with Crippen molar-refractivity contribution in [1.29, 1.82) is 0 Å². The summed E-state index contributed by atoms with van der Waals surface area (Å²) in [5.74, 6) is -0.430. The second kappa shape index (κ2) is 5.85. The topological polar surface area (TPSA) is 67.0 Å². The van der Waals surface area contributed by atoms with Gasteiger partial charge in [0.15, 0.2) is 6.10 Å². The highest BCUT2D eigenvalue weighted by atomic mass is 19.1.